The lowest BCUT2D eigenvalue weighted by Crippen LogP contribution is -2.39. The highest BCUT2D eigenvalue weighted by atomic mass is 32.2. The topological polar surface area (TPSA) is 93.4 Å². The largest absolute Gasteiger partial charge is 0.316 e. The third-order valence-corrected chi connectivity index (χ3v) is 6.65. The molecule has 2 heterocycles. The predicted octanol–water partition coefficient (Wildman–Crippen LogP) is 0.392. The lowest BCUT2D eigenvalue weighted by molar-refractivity contribution is 0.290. The van der Waals surface area contributed by atoms with Crippen LogP contribution in [0.3, 0.4) is 0 Å². The SMILES string of the molecule is Cn1c(=O)c(=O)n(C)c2cc(S(=O)(=O)NCCN3CCCCCC3)ccc21. The van der Waals surface area contributed by atoms with E-state index in [1.165, 1.54) is 48.2 Å². The van der Waals surface area contributed by atoms with Crippen molar-refractivity contribution in [2.24, 2.45) is 14.1 Å². The molecule has 3 rings (SSSR count). The number of likely N-dealkylation sites (tertiary alicyclic amines) is 1. The van der Waals surface area contributed by atoms with Crippen molar-refractivity contribution in [1.29, 1.82) is 0 Å². The number of benzene rings is 1. The maximum absolute atomic E-state index is 12.6. The number of fused-ring (bicyclic) bond motifs is 1. The van der Waals surface area contributed by atoms with Crippen molar-refractivity contribution in [3.8, 4) is 0 Å². The van der Waals surface area contributed by atoms with Crippen LogP contribution in [0.15, 0.2) is 32.7 Å². The first kappa shape index (κ1) is 19.8. The molecule has 8 nitrogen and oxygen atoms in total. The first-order valence-electron chi connectivity index (χ1n) is 9.23. The second-order valence-corrected chi connectivity index (χ2v) is 8.80. The lowest BCUT2D eigenvalue weighted by Gasteiger charge is -2.19. The van der Waals surface area contributed by atoms with Gasteiger partial charge in [0.15, 0.2) is 0 Å². The zero-order valence-corrected chi connectivity index (χ0v) is 16.6. The molecule has 1 N–H and O–H groups in total. The Bertz CT molecular complexity index is 1050. The van der Waals surface area contributed by atoms with Crippen LogP contribution >= 0.6 is 0 Å². The Hall–Kier alpha value is -1.97. The van der Waals surface area contributed by atoms with Crippen LogP contribution in [0.4, 0.5) is 0 Å². The second-order valence-electron chi connectivity index (χ2n) is 7.03. The Morgan fingerprint density at radius 2 is 1.52 bits per heavy atom. The van der Waals surface area contributed by atoms with Crippen molar-refractivity contribution in [2.75, 3.05) is 26.2 Å². The smallest absolute Gasteiger partial charge is 0.305 e. The number of nitrogens with one attached hydrogen (secondary N) is 1. The fraction of sp³-hybridized carbons (Fsp3) is 0.556. The minimum atomic E-state index is -3.69. The number of aryl methyl sites for hydroxylation is 2. The maximum atomic E-state index is 12.6. The van der Waals surface area contributed by atoms with Crippen molar-refractivity contribution in [1.82, 2.24) is 18.8 Å². The van der Waals surface area contributed by atoms with Gasteiger partial charge in [-0.15, -0.1) is 0 Å². The van der Waals surface area contributed by atoms with Gasteiger partial charge in [0.1, 0.15) is 0 Å². The third-order valence-electron chi connectivity index (χ3n) is 5.19. The zero-order chi connectivity index (χ0) is 19.6. The molecule has 1 saturated heterocycles. The monoisotopic (exact) mass is 394 g/mol. The van der Waals surface area contributed by atoms with Gasteiger partial charge in [0.2, 0.25) is 10.0 Å². The molecule has 0 bridgehead atoms. The maximum Gasteiger partial charge on any atom is 0.316 e. The summed E-state index contributed by atoms with van der Waals surface area (Å²) in [5.41, 5.74) is -0.423. The lowest BCUT2D eigenvalue weighted by atomic mass is 10.2. The second kappa shape index (κ2) is 7.95. The van der Waals surface area contributed by atoms with Crippen LogP contribution in [0.2, 0.25) is 0 Å². The summed E-state index contributed by atoms with van der Waals surface area (Å²) in [6.07, 6.45) is 4.79. The average molecular weight is 394 g/mol. The summed E-state index contributed by atoms with van der Waals surface area (Å²) in [5, 5.41) is 0. The van der Waals surface area contributed by atoms with Crippen molar-refractivity contribution < 1.29 is 8.42 Å². The fourth-order valence-electron chi connectivity index (χ4n) is 3.51. The molecular formula is C18H26N4O4S. The molecule has 0 radical (unpaired) electrons. The zero-order valence-electron chi connectivity index (χ0n) is 15.8. The first-order valence-corrected chi connectivity index (χ1v) is 10.7. The number of hydrogen-bond acceptors (Lipinski definition) is 5. The van der Waals surface area contributed by atoms with Gasteiger partial charge in [-0.25, -0.2) is 13.1 Å². The Morgan fingerprint density at radius 1 is 0.926 bits per heavy atom. The van der Waals surface area contributed by atoms with E-state index in [4.69, 9.17) is 0 Å². The molecule has 1 fully saturated rings. The summed E-state index contributed by atoms with van der Waals surface area (Å²) in [6, 6.07) is 4.45. The van der Waals surface area contributed by atoms with E-state index < -0.39 is 21.1 Å². The van der Waals surface area contributed by atoms with E-state index in [-0.39, 0.29) is 4.90 Å². The van der Waals surface area contributed by atoms with Crippen LogP contribution in [0.25, 0.3) is 11.0 Å². The molecule has 0 saturated carbocycles. The number of sulfonamides is 1. The van der Waals surface area contributed by atoms with E-state index >= 15 is 0 Å². The molecule has 148 valence electrons. The molecule has 1 aromatic heterocycles. The molecule has 2 aromatic rings. The van der Waals surface area contributed by atoms with Gasteiger partial charge >= 0.3 is 11.1 Å². The minimum Gasteiger partial charge on any atom is -0.305 e. The van der Waals surface area contributed by atoms with Gasteiger partial charge in [-0.3, -0.25) is 9.59 Å². The number of hydrogen-bond donors (Lipinski definition) is 1. The molecule has 1 aliphatic heterocycles. The Labute approximate surface area is 158 Å². The van der Waals surface area contributed by atoms with E-state index in [0.29, 0.717) is 24.1 Å². The third kappa shape index (κ3) is 4.15. The number of nitrogens with zero attached hydrogens (tertiary/aromatic N) is 3. The summed E-state index contributed by atoms with van der Waals surface area (Å²) in [6.45, 7) is 3.04. The van der Waals surface area contributed by atoms with Crippen molar-refractivity contribution in [3.05, 3.63) is 38.9 Å². The van der Waals surface area contributed by atoms with Crippen LogP contribution in [0.5, 0.6) is 0 Å². The van der Waals surface area contributed by atoms with Gasteiger partial charge in [-0.05, 0) is 44.1 Å². The van der Waals surface area contributed by atoms with Crippen LogP contribution in [0.1, 0.15) is 25.7 Å². The van der Waals surface area contributed by atoms with E-state index in [2.05, 4.69) is 9.62 Å². The number of rotatable bonds is 5. The minimum absolute atomic E-state index is 0.0829. The van der Waals surface area contributed by atoms with Crippen molar-refractivity contribution in [2.45, 2.75) is 30.6 Å². The summed E-state index contributed by atoms with van der Waals surface area (Å²) in [7, 11) is -0.727. The van der Waals surface area contributed by atoms with Crippen LogP contribution in [-0.2, 0) is 24.1 Å². The average Bonchev–Trinajstić information content (AvgIpc) is 2.93. The Morgan fingerprint density at radius 3 is 2.15 bits per heavy atom. The Balaban J connectivity index is 1.81. The van der Waals surface area contributed by atoms with Crippen LogP contribution in [-0.4, -0.2) is 48.6 Å². The molecule has 1 aromatic carbocycles. The molecule has 0 aliphatic carbocycles. The van der Waals surface area contributed by atoms with Crippen molar-refractivity contribution in [3.63, 3.8) is 0 Å². The first-order chi connectivity index (χ1) is 12.8. The van der Waals surface area contributed by atoms with Gasteiger partial charge in [-0.1, -0.05) is 12.8 Å². The van der Waals surface area contributed by atoms with Crippen molar-refractivity contribution >= 4 is 21.1 Å². The van der Waals surface area contributed by atoms with Gasteiger partial charge in [0.25, 0.3) is 0 Å². The predicted molar refractivity (Wildman–Crippen MR) is 105 cm³/mol. The highest BCUT2D eigenvalue weighted by Crippen LogP contribution is 2.16. The standard InChI is InChI=1S/C18H26N4O4S/c1-20-15-8-7-14(13-16(15)21(2)18(24)17(20)23)27(25,26)19-9-12-22-10-5-3-4-6-11-22/h7-8,13,19H,3-6,9-12H2,1-2H3. The molecule has 27 heavy (non-hydrogen) atoms. The highest BCUT2D eigenvalue weighted by molar-refractivity contribution is 7.89. The highest BCUT2D eigenvalue weighted by Gasteiger charge is 2.17. The van der Waals surface area contributed by atoms with Gasteiger partial charge < -0.3 is 14.0 Å². The van der Waals surface area contributed by atoms with Gasteiger partial charge in [0.05, 0.1) is 15.9 Å². The molecule has 1 aliphatic rings. The van der Waals surface area contributed by atoms with E-state index in [9.17, 15) is 18.0 Å². The van der Waals surface area contributed by atoms with E-state index in [1.54, 1.807) is 6.07 Å². The molecule has 0 atom stereocenters. The number of aromatic nitrogens is 2. The summed E-state index contributed by atoms with van der Waals surface area (Å²) in [4.78, 5) is 26.3. The summed E-state index contributed by atoms with van der Waals surface area (Å²) < 4.78 is 30.4. The van der Waals surface area contributed by atoms with Gasteiger partial charge in [0, 0.05) is 27.2 Å². The fourth-order valence-corrected chi connectivity index (χ4v) is 4.55. The molecule has 0 unspecified atom stereocenters. The van der Waals surface area contributed by atoms with Gasteiger partial charge in [-0.2, -0.15) is 0 Å². The normalized spacial score (nSPS) is 16.5. The molecule has 0 amide bonds. The van der Waals surface area contributed by atoms with Crippen LogP contribution < -0.4 is 15.8 Å². The quantitative estimate of drug-likeness (QED) is 0.741. The van der Waals surface area contributed by atoms with E-state index in [0.717, 1.165) is 25.9 Å². The summed E-state index contributed by atoms with van der Waals surface area (Å²) >= 11 is 0. The van der Waals surface area contributed by atoms with Crippen LogP contribution in [0, 0.1) is 0 Å². The van der Waals surface area contributed by atoms with E-state index in [1.807, 2.05) is 0 Å². The Kier molecular flexibility index (Phi) is 5.83. The molecule has 0 spiro atoms. The molecule has 9 heteroatoms. The summed E-state index contributed by atoms with van der Waals surface area (Å²) in [5.74, 6) is 0. The molecular weight excluding hydrogens is 368 g/mol.